The fourth-order valence-electron chi connectivity index (χ4n) is 3.59. The van der Waals surface area contributed by atoms with Gasteiger partial charge in [0.05, 0.1) is 17.3 Å². The molecule has 1 saturated heterocycles. The Morgan fingerprint density at radius 1 is 1.08 bits per heavy atom. The van der Waals surface area contributed by atoms with Crippen LogP contribution in [0, 0.1) is 0 Å². The Kier molecular flexibility index (Phi) is 4.71. The predicted molar refractivity (Wildman–Crippen MR) is 103 cm³/mol. The molecule has 0 aliphatic carbocycles. The van der Waals surface area contributed by atoms with Gasteiger partial charge in [0.15, 0.2) is 0 Å². The zero-order chi connectivity index (χ0) is 17.2. The number of hydrogen-bond donors (Lipinski definition) is 2. The maximum Gasteiger partial charge on any atom is 0.0950 e. The zero-order valence-electron chi connectivity index (χ0n) is 14.0. The van der Waals surface area contributed by atoms with Gasteiger partial charge in [0.1, 0.15) is 0 Å². The van der Waals surface area contributed by atoms with Crippen LogP contribution in [0.15, 0.2) is 54.6 Å². The van der Waals surface area contributed by atoms with Crippen LogP contribution >= 0.6 is 11.6 Å². The zero-order valence-corrected chi connectivity index (χ0v) is 14.7. The molecule has 0 amide bonds. The standard InChI is InChI=1S/C21H21ClN2O/c22-15-9-10-18-16(12-15)17(21(25)19-8-4-5-11-23-19)13-20(24-18)14-6-2-1-3-7-14/h1-3,6-7,9-10,12-13,19,21,23,25H,4-5,8,11H2/t19-,21+/m0/s1. The molecular formula is C21H21ClN2O. The Labute approximate surface area is 152 Å². The van der Waals surface area contributed by atoms with Gasteiger partial charge in [0.2, 0.25) is 0 Å². The fourth-order valence-corrected chi connectivity index (χ4v) is 3.76. The first-order valence-electron chi connectivity index (χ1n) is 8.79. The third-order valence-corrected chi connectivity index (χ3v) is 5.16. The molecule has 2 aromatic carbocycles. The number of nitrogens with one attached hydrogen (secondary N) is 1. The molecule has 4 heteroatoms. The topological polar surface area (TPSA) is 45.2 Å². The minimum Gasteiger partial charge on any atom is -0.387 e. The van der Waals surface area contributed by atoms with E-state index in [1.165, 1.54) is 6.42 Å². The van der Waals surface area contributed by atoms with Gasteiger partial charge >= 0.3 is 0 Å². The number of halogens is 1. The van der Waals surface area contributed by atoms with Gasteiger partial charge in [-0.15, -0.1) is 0 Å². The van der Waals surface area contributed by atoms with Crippen molar-refractivity contribution < 1.29 is 5.11 Å². The molecule has 1 aromatic heterocycles. The third-order valence-electron chi connectivity index (χ3n) is 4.92. The fraction of sp³-hybridized carbons (Fsp3) is 0.286. The molecule has 3 nitrogen and oxygen atoms in total. The van der Waals surface area contributed by atoms with Gasteiger partial charge in [0.25, 0.3) is 0 Å². The van der Waals surface area contributed by atoms with E-state index in [-0.39, 0.29) is 6.04 Å². The monoisotopic (exact) mass is 352 g/mol. The molecule has 2 N–H and O–H groups in total. The molecule has 2 heterocycles. The Morgan fingerprint density at radius 2 is 1.92 bits per heavy atom. The van der Waals surface area contributed by atoms with Crippen LogP contribution in [0.3, 0.4) is 0 Å². The van der Waals surface area contributed by atoms with Crippen molar-refractivity contribution in [3.8, 4) is 11.3 Å². The lowest BCUT2D eigenvalue weighted by Crippen LogP contribution is -2.38. The van der Waals surface area contributed by atoms with Gasteiger partial charge in [-0.2, -0.15) is 0 Å². The average Bonchev–Trinajstić information content (AvgIpc) is 2.68. The van der Waals surface area contributed by atoms with E-state index in [2.05, 4.69) is 5.32 Å². The first-order valence-corrected chi connectivity index (χ1v) is 9.17. The van der Waals surface area contributed by atoms with E-state index in [4.69, 9.17) is 16.6 Å². The quantitative estimate of drug-likeness (QED) is 0.716. The van der Waals surface area contributed by atoms with E-state index in [0.717, 1.165) is 47.1 Å². The van der Waals surface area contributed by atoms with Crippen LogP contribution in [0.2, 0.25) is 5.02 Å². The summed E-state index contributed by atoms with van der Waals surface area (Å²) >= 11 is 6.21. The largest absolute Gasteiger partial charge is 0.387 e. The van der Waals surface area contributed by atoms with E-state index in [1.807, 2.05) is 54.6 Å². The van der Waals surface area contributed by atoms with Crippen LogP contribution < -0.4 is 5.32 Å². The number of benzene rings is 2. The number of pyridine rings is 1. The highest BCUT2D eigenvalue weighted by Crippen LogP contribution is 2.33. The lowest BCUT2D eigenvalue weighted by molar-refractivity contribution is 0.115. The number of aliphatic hydroxyl groups excluding tert-OH is 1. The molecule has 0 spiro atoms. The number of nitrogens with zero attached hydrogens (tertiary/aromatic N) is 1. The number of hydrogen-bond acceptors (Lipinski definition) is 3. The number of fused-ring (bicyclic) bond motifs is 1. The second-order valence-electron chi connectivity index (χ2n) is 6.63. The molecule has 1 fully saturated rings. The maximum atomic E-state index is 11.1. The minimum atomic E-state index is -0.577. The van der Waals surface area contributed by atoms with Gasteiger partial charge < -0.3 is 10.4 Å². The summed E-state index contributed by atoms with van der Waals surface area (Å²) in [5.41, 5.74) is 3.67. The van der Waals surface area contributed by atoms with Crippen molar-refractivity contribution in [3.63, 3.8) is 0 Å². The van der Waals surface area contributed by atoms with Crippen molar-refractivity contribution >= 4 is 22.5 Å². The highest BCUT2D eigenvalue weighted by Gasteiger charge is 2.25. The molecule has 0 unspecified atom stereocenters. The molecule has 0 saturated carbocycles. The van der Waals surface area contributed by atoms with Crippen molar-refractivity contribution in [2.24, 2.45) is 0 Å². The predicted octanol–water partition coefficient (Wildman–Crippen LogP) is 4.73. The summed E-state index contributed by atoms with van der Waals surface area (Å²) in [5.74, 6) is 0. The third kappa shape index (κ3) is 3.40. The van der Waals surface area contributed by atoms with Gasteiger partial charge in [-0.05, 0) is 49.2 Å². The van der Waals surface area contributed by atoms with Crippen molar-refractivity contribution in [2.45, 2.75) is 31.4 Å². The van der Waals surface area contributed by atoms with E-state index >= 15 is 0 Å². The lowest BCUT2D eigenvalue weighted by Gasteiger charge is -2.29. The van der Waals surface area contributed by atoms with E-state index in [9.17, 15) is 5.11 Å². The van der Waals surface area contributed by atoms with E-state index in [1.54, 1.807) is 0 Å². The van der Waals surface area contributed by atoms with Crippen LogP contribution in [0.4, 0.5) is 0 Å². The smallest absolute Gasteiger partial charge is 0.0950 e. The molecule has 0 radical (unpaired) electrons. The highest BCUT2D eigenvalue weighted by molar-refractivity contribution is 6.31. The molecular weight excluding hydrogens is 332 g/mol. The van der Waals surface area contributed by atoms with E-state index in [0.29, 0.717) is 5.02 Å². The summed E-state index contributed by atoms with van der Waals surface area (Å²) in [7, 11) is 0. The Morgan fingerprint density at radius 3 is 2.68 bits per heavy atom. The SMILES string of the molecule is O[C@H](c1cc(-c2ccccc2)nc2ccc(Cl)cc12)[C@@H]1CCCCN1. The second-order valence-corrected chi connectivity index (χ2v) is 7.06. The van der Waals surface area contributed by atoms with E-state index < -0.39 is 6.10 Å². The van der Waals surface area contributed by atoms with Crippen LogP contribution in [0.25, 0.3) is 22.2 Å². The highest BCUT2D eigenvalue weighted by atomic mass is 35.5. The summed E-state index contributed by atoms with van der Waals surface area (Å²) in [6, 6.07) is 17.8. The van der Waals surface area contributed by atoms with Crippen molar-refractivity contribution in [2.75, 3.05) is 6.54 Å². The van der Waals surface area contributed by atoms with Gasteiger partial charge in [0, 0.05) is 22.0 Å². The Hall–Kier alpha value is -1.94. The normalized spacial score (nSPS) is 19.0. The molecule has 0 bridgehead atoms. The summed E-state index contributed by atoms with van der Waals surface area (Å²) < 4.78 is 0. The number of piperidine rings is 1. The number of rotatable bonds is 3. The van der Waals surface area contributed by atoms with Gasteiger partial charge in [-0.25, -0.2) is 4.98 Å². The first-order chi connectivity index (χ1) is 12.2. The maximum absolute atomic E-state index is 11.1. The number of aromatic nitrogens is 1. The van der Waals surface area contributed by atoms with Crippen LogP contribution in [-0.4, -0.2) is 22.7 Å². The summed E-state index contributed by atoms with van der Waals surface area (Å²) in [5, 5.41) is 16.1. The second kappa shape index (κ2) is 7.12. The molecule has 2 atom stereocenters. The Balaban J connectivity index is 1.86. The van der Waals surface area contributed by atoms with Crippen molar-refractivity contribution in [1.82, 2.24) is 10.3 Å². The summed E-state index contributed by atoms with van der Waals surface area (Å²) in [6.45, 7) is 0.955. The molecule has 128 valence electrons. The molecule has 25 heavy (non-hydrogen) atoms. The number of aliphatic hydroxyl groups is 1. The summed E-state index contributed by atoms with van der Waals surface area (Å²) in [4.78, 5) is 4.78. The van der Waals surface area contributed by atoms with Crippen LogP contribution in [-0.2, 0) is 0 Å². The van der Waals surface area contributed by atoms with Crippen LogP contribution in [0.5, 0.6) is 0 Å². The summed E-state index contributed by atoms with van der Waals surface area (Å²) in [6.07, 6.45) is 2.71. The van der Waals surface area contributed by atoms with Crippen molar-refractivity contribution in [3.05, 3.63) is 65.2 Å². The molecule has 1 aliphatic rings. The first kappa shape index (κ1) is 16.5. The Bertz CT molecular complexity index is 876. The average molecular weight is 353 g/mol. The molecule has 4 rings (SSSR count). The van der Waals surface area contributed by atoms with Crippen molar-refractivity contribution in [1.29, 1.82) is 0 Å². The van der Waals surface area contributed by atoms with Crippen LogP contribution in [0.1, 0.15) is 30.9 Å². The molecule has 3 aromatic rings. The van der Waals surface area contributed by atoms with Gasteiger partial charge in [-0.3, -0.25) is 0 Å². The van der Waals surface area contributed by atoms with Gasteiger partial charge in [-0.1, -0.05) is 48.4 Å². The lowest BCUT2D eigenvalue weighted by atomic mass is 9.92. The minimum absolute atomic E-state index is 0.0713. The molecule has 1 aliphatic heterocycles.